The van der Waals surface area contributed by atoms with Crippen molar-refractivity contribution in [3.8, 4) is 5.75 Å². The van der Waals surface area contributed by atoms with Gasteiger partial charge in [-0.1, -0.05) is 6.07 Å². The molecular weight excluding hydrogens is 233 g/mol. The van der Waals surface area contributed by atoms with Crippen molar-refractivity contribution in [1.82, 2.24) is 0 Å². The number of aliphatic carboxylic acids is 1. The lowest BCUT2D eigenvalue weighted by Crippen LogP contribution is -2.22. The second kappa shape index (κ2) is 5.18. The Hall–Kier alpha value is -1.27. The second-order valence-corrected chi connectivity index (χ2v) is 3.96. The summed E-state index contributed by atoms with van der Waals surface area (Å²) in [4.78, 5) is 10.9. The van der Waals surface area contributed by atoms with Crippen molar-refractivity contribution in [3.05, 3.63) is 23.5 Å². The maximum Gasteiger partial charge on any atom is 0.312 e. The molecule has 88 valence electrons. The maximum absolute atomic E-state index is 13.8. The molecule has 0 bridgehead atoms. The van der Waals surface area contributed by atoms with Crippen molar-refractivity contribution in [3.63, 3.8) is 0 Å². The minimum absolute atomic E-state index is 0.00264. The number of aromatic hydroxyl groups is 1. The number of thioether (sulfide) groups is 1. The molecule has 0 aliphatic heterocycles. The van der Waals surface area contributed by atoms with Gasteiger partial charge in [0.15, 0.2) is 0 Å². The number of benzene rings is 1. The quantitative estimate of drug-likeness (QED) is 0.698. The van der Waals surface area contributed by atoms with Gasteiger partial charge in [0.05, 0.1) is 10.8 Å². The maximum atomic E-state index is 13.8. The summed E-state index contributed by atoms with van der Waals surface area (Å²) in [7, 11) is 0. The van der Waals surface area contributed by atoms with Gasteiger partial charge >= 0.3 is 5.97 Å². The summed E-state index contributed by atoms with van der Waals surface area (Å²) >= 11 is 1.02. The van der Waals surface area contributed by atoms with E-state index in [2.05, 4.69) is 0 Å². The van der Waals surface area contributed by atoms with Gasteiger partial charge in [0, 0.05) is 12.1 Å². The van der Waals surface area contributed by atoms with Crippen molar-refractivity contribution in [2.75, 3.05) is 12.8 Å². The van der Waals surface area contributed by atoms with Crippen LogP contribution in [0.2, 0.25) is 0 Å². The van der Waals surface area contributed by atoms with Gasteiger partial charge in [-0.25, -0.2) is 4.39 Å². The lowest BCUT2D eigenvalue weighted by molar-refractivity contribution is -0.138. The number of rotatable bonds is 4. The molecule has 6 heteroatoms. The highest BCUT2D eigenvalue weighted by molar-refractivity contribution is 7.98. The third-order valence-corrected chi connectivity index (χ3v) is 3.02. The predicted molar refractivity (Wildman–Crippen MR) is 59.3 cm³/mol. The molecule has 1 unspecified atom stereocenters. The molecule has 0 fully saturated rings. The molecule has 0 saturated carbocycles. The zero-order chi connectivity index (χ0) is 12.3. The average Bonchev–Trinajstić information content (AvgIpc) is 2.22. The number of phenols is 1. The highest BCUT2D eigenvalue weighted by Gasteiger charge is 2.24. The first kappa shape index (κ1) is 12.8. The fourth-order valence-electron chi connectivity index (χ4n) is 1.39. The van der Waals surface area contributed by atoms with E-state index in [1.165, 1.54) is 12.1 Å². The Morgan fingerprint density at radius 2 is 2.25 bits per heavy atom. The Bertz CT molecular complexity index is 411. The van der Waals surface area contributed by atoms with Gasteiger partial charge in [0.25, 0.3) is 0 Å². The molecule has 0 heterocycles. The first-order valence-electron chi connectivity index (χ1n) is 4.51. The summed E-state index contributed by atoms with van der Waals surface area (Å²) in [5.74, 6) is -3.19. The van der Waals surface area contributed by atoms with Crippen LogP contribution < -0.4 is 5.73 Å². The molecule has 1 aromatic carbocycles. The van der Waals surface area contributed by atoms with Crippen molar-refractivity contribution in [1.29, 1.82) is 0 Å². The van der Waals surface area contributed by atoms with Crippen LogP contribution in [0.1, 0.15) is 11.5 Å². The van der Waals surface area contributed by atoms with Gasteiger partial charge in [-0.2, -0.15) is 0 Å². The van der Waals surface area contributed by atoms with Crippen molar-refractivity contribution >= 4 is 17.7 Å². The van der Waals surface area contributed by atoms with Crippen LogP contribution in [0.3, 0.4) is 0 Å². The van der Waals surface area contributed by atoms with E-state index in [0.717, 1.165) is 11.8 Å². The monoisotopic (exact) mass is 245 g/mol. The molecular formula is C10H12FNO3S. The Morgan fingerprint density at radius 1 is 1.62 bits per heavy atom. The van der Waals surface area contributed by atoms with E-state index in [1.54, 1.807) is 6.26 Å². The summed E-state index contributed by atoms with van der Waals surface area (Å²) in [5, 5.41) is 18.2. The fraction of sp³-hybridized carbons (Fsp3) is 0.300. The van der Waals surface area contributed by atoms with Gasteiger partial charge < -0.3 is 15.9 Å². The average molecular weight is 245 g/mol. The van der Waals surface area contributed by atoms with Crippen LogP contribution in [0.25, 0.3) is 0 Å². The predicted octanol–water partition coefficient (Wildman–Crippen LogP) is 1.38. The molecule has 0 aliphatic carbocycles. The van der Waals surface area contributed by atoms with Crippen LogP contribution >= 0.6 is 11.8 Å². The zero-order valence-electron chi connectivity index (χ0n) is 8.61. The van der Waals surface area contributed by atoms with E-state index < -0.39 is 17.7 Å². The van der Waals surface area contributed by atoms with Gasteiger partial charge in [-0.05, 0) is 12.3 Å². The van der Waals surface area contributed by atoms with Crippen molar-refractivity contribution in [2.45, 2.75) is 10.8 Å². The fourth-order valence-corrected chi connectivity index (χ4v) is 1.96. The first-order chi connectivity index (χ1) is 7.52. The molecule has 16 heavy (non-hydrogen) atoms. The lowest BCUT2D eigenvalue weighted by Gasteiger charge is -2.13. The smallest absolute Gasteiger partial charge is 0.312 e. The molecule has 0 spiro atoms. The van der Waals surface area contributed by atoms with Crippen LogP contribution in [0.4, 0.5) is 4.39 Å². The third kappa shape index (κ3) is 2.28. The lowest BCUT2D eigenvalue weighted by atomic mass is 9.99. The van der Waals surface area contributed by atoms with Crippen molar-refractivity contribution < 1.29 is 19.4 Å². The highest BCUT2D eigenvalue weighted by Crippen LogP contribution is 2.33. The van der Waals surface area contributed by atoms with Gasteiger partial charge in [0.2, 0.25) is 0 Å². The summed E-state index contributed by atoms with van der Waals surface area (Å²) in [6.07, 6.45) is 1.60. The van der Waals surface area contributed by atoms with Crippen LogP contribution in [0.15, 0.2) is 17.0 Å². The molecule has 0 aromatic heterocycles. The van der Waals surface area contributed by atoms with E-state index in [0.29, 0.717) is 0 Å². The largest absolute Gasteiger partial charge is 0.507 e. The third-order valence-electron chi connectivity index (χ3n) is 2.22. The molecule has 0 saturated heterocycles. The number of phenolic OH excluding ortho intramolecular Hbond substituents is 1. The Balaban J connectivity index is 3.29. The van der Waals surface area contributed by atoms with Crippen molar-refractivity contribution in [2.24, 2.45) is 5.73 Å². The van der Waals surface area contributed by atoms with E-state index >= 15 is 0 Å². The number of hydrogen-bond donors (Lipinski definition) is 3. The van der Waals surface area contributed by atoms with Gasteiger partial charge in [-0.3, -0.25) is 4.79 Å². The van der Waals surface area contributed by atoms with Crippen LogP contribution in [0.5, 0.6) is 5.75 Å². The Morgan fingerprint density at radius 3 is 2.69 bits per heavy atom. The summed E-state index contributed by atoms with van der Waals surface area (Å²) in [6.45, 7) is -0.190. The molecule has 1 aromatic rings. The number of nitrogens with two attached hydrogens (primary N) is 1. The number of halogens is 1. The van der Waals surface area contributed by atoms with Crippen LogP contribution in [-0.2, 0) is 4.79 Å². The zero-order valence-corrected chi connectivity index (χ0v) is 9.42. The molecule has 4 N–H and O–H groups in total. The first-order valence-corrected chi connectivity index (χ1v) is 5.73. The minimum atomic E-state index is -1.18. The minimum Gasteiger partial charge on any atom is -0.507 e. The number of carboxylic acids is 1. The van der Waals surface area contributed by atoms with E-state index in [9.17, 15) is 14.3 Å². The molecule has 1 atom stereocenters. The molecule has 0 aliphatic rings. The standard InChI is InChI=1S/C10H12FNO3S/c1-16-9-7(13)3-2-5(8(9)11)6(4-12)10(14)15/h2-3,6,13H,4,12H2,1H3,(H,14,15). The van der Waals surface area contributed by atoms with E-state index in [-0.39, 0.29) is 22.8 Å². The topological polar surface area (TPSA) is 83.5 Å². The van der Waals surface area contributed by atoms with E-state index in [1.807, 2.05) is 0 Å². The number of carboxylic acid groups (broad SMARTS) is 1. The normalized spacial score (nSPS) is 12.4. The van der Waals surface area contributed by atoms with Gasteiger partial charge in [-0.15, -0.1) is 11.8 Å². The Kier molecular flexibility index (Phi) is 4.14. The van der Waals surface area contributed by atoms with E-state index in [4.69, 9.17) is 10.8 Å². The van der Waals surface area contributed by atoms with Gasteiger partial charge in [0.1, 0.15) is 11.6 Å². The summed E-state index contributed by atoms with van der Waals surface area (Å²) in [6, 6.07) is 2.52. The molecule has 4 nitrogen and oxygen atoms in total. The summed E-state index contributed by atoms with van der Waals surface area (Å²) in [5.41, 5.74) is 5.28. The Labute approximate surface area is 96.3 Å². The SMILES string of the molecule is CSc1c(O)ccc(C(CN)C(=O)O)c1F. The number of hydrogen-bond acceptors (Lipinski definition) is 4. The summed E-state index contributed by atoms with van der Waals surface area (Å²) < 4.78 is 13.8. The van der Waals surface area contributed by atoms with Crippen LogP contribution in [-0.4, -0.2) is 29.0 Å². The molecule has 0 amide bonds. The van der Waals surface area contributed by atoms with Crippen LogP contribution in [0, 0.1) is 5.82 Å². The number of carbonyl (C=O) groups is 1. The highest BCUT2D eigenvalue weighted by atomic mass is 32.2. The molecule has 1 rings (SSSR count). The molecule has 0 radical (unpaired) electrons. The second-order valence-electron chi connectivity index (χ2n) is 3.15.